The van der Waals surface area contributed by atoms with Gasteiger partial charge in [0.2, 0.25) is 0 Å². The Morgan fingerprint density at radius 1 is 1.35 bits per heavy atom. The predicted octanol–water partition coefficient (Wildman–Crippen LogP) is 3.68. The fraction of sp³-hybridized carbons (Fsp3) is 0.765. The summed E-state index contributed by atoms with van der Waals surface area (Å²) in [4.78, 5) is 4.32. The molecular formula is C17H28N2S. The first kappa shape index (κ1) is 14.6. The van der Waals surface area contributed by atoms with E-state index >= 15 is 0 Å². The summed E-state index contributed by atoms with van der Waals surface area (Å²) in [5.41, 5.74) is 0.444. The Bertz CT molecular complexity index is 395. The zero-order chi connectivity index (χ0) is 13.8. The highest BCUT2D eigenvalue weighted by atomic mass is 32.1. The highest BCUT2D eigenvalue weighted by molar-refractivity contribution is 7.09. The zero-order valence-electron chi connectivity index (χ0n) is 12.7. The second-order valence-corrected chi connectivity index (χ2v) is 7.62. The quantitative estimate of drug-likeness (QED) is 0.911. The van der Waals surface area contributed by atoms with Crippen LogP contribution in [0.4, 0.5) is 0 Å². The van der Waals surface area contributed by atoms with Crippen molar-refractivity contribution < 1.29 is 0 Å². The molecule has 3 rings (SSSR count). The van der Waals surface area contributed by atoms with E-state index < -0.39 is 0 Å². The molecule has 0 amide bonds. The lowest BCUT2D eigenvalue weighted by atomic mass is 9.79. The number of nitrogens with zero attached hydrogens (tertiary/aromatic N) is 1. The van der Waals surface area contributed by atoms with Gasteiger partial charge in [0.05, 0.1) is 0 Å². The summed E-state index contributed by atoms with van der Waals surface area (Å²) in [5, 5.41) is 6.12. The predicted molar refractivity (Wildman–Crippen MR) is 87.5 cm³/mol. The van der Waals surface area contributed by atoms with Gasteiger partial charge >= 0.3 is 0 Å². The first-order valence-electron chi connectivity index (χ1n) is 8.33. The van der Waals surface area contributed by atoms with Crippen LogP contribution in [0.5, 0.6) is 0 Å². The summed E-state index contributed by atoms with van der Waals surface area (Å²) in [6, 6.07) is 5.20. The van der Waals surface area contributed by atoms with Crippen molar-refractivity contribution >= 4 is 11.3 Å². The lowest BCUT2D eigenvalue weighted by molar-refractivity contribution is 0.0550. The molecule has 1 aromatic heterocycles. The minimum Gasteiger partial charge on any atom is -0.308 e. The molecule has 1 aliphatic carbocycles. The highest BCUT2D eigenvalue weighted by Gasteiger charge is 2.38. The molecule has 20 heavy (non-hydrogen) atoms. The van der Waals surface area contributed by atoms with Gasteiger partial charge in [-0.25, -0.2) is 0 Å². The minimum atomic E-state index is 0.444. The van der Waals surface area contributed by atoms with Crippen molar-refractivity contribution in [1.82, 2.24) is 10.2 Å². The van der Waals surface area contributed by atoms with Crippen LogP contribution in [0.2, 0.25) is 0 Å². The van der Waals surface area contributed by atoms with Gasteiger partial charge in [0.15, 0.2) is 0 Å². The van der Waals surface area contributed by atoms with E-state index in [4.69, 9.17) is 0 Å². The minimum absolute atomic E-state index is 0.444. The number of thiophene rings is 1. The van der Waals surface area contributed by atoms with Crippen LogP contribution in [0.3, 0.4) is 0 Å². The number of hydrogen-bond acceptors (Lipinski definition) is 3. The fourth-order valence-electron chi connectivity index (χ4n) is 3.97. The number of hydrogen-bond donors (Lipinski definition) is 1. The molecule has 2 nitrogen and oxygen atoms in total. The molecule has 1 atom stereocenters. The Morgan fingerprint density at radius 3 is 2.90 bits per heavy atom. The van der Waals surface area contributed by atoms with Crippen molar-refractivity contribution in [3.63, 3.8) is 0 Å². The third kappa shape index (κ3) is 3.26. The van der Waals surface area contributed by atoms with Gasteiger partial charge in [-0.1, -0.05) is 32.3 Å². The Morgan fingerprint density at radius 2 is 2.20 bits per heavy atom. The van der Waals surface area contributed by atoms with E-state index in [1.54, 1.807) is 0 Å². The standard InChI is InChI=1S/C17H28N2S/c1-2-15-13-18-17(9-4-3-5-10-17)14-19(15)11-8-16-7-6-12-20-16/h6-7,12,15,18H,2-5,8-11,13-14H2,1H3. The van der Waals surface area contributed by atoms with Gasteiger partial charge in [-0.3, -0.25) is 4.90 Å². The molecule has 2 aliphatic rings. The van der Waals surface area contributed by atoms with Gasteiger partial charge in [0.1, 0.15) is 0 Å². The van der Waals surface area contributed by atoms with Crippen LogP contribution in [0, 0.1) is 0 Å². The average Bonchev–Trinajstić information content (AvgIpc) is 2.99. The summed E-state index contributed by atoms with van der Waals surface area (Å²) in [5.74, 6) is 0. The molecule has 3 heteroatoms. The van der Waals surface area contributed by atoms with Crippen LogP contribution >= 0.6 is 11.3 Å². The zero-order valence-corrected chi connectivity index (χ0v) is 13.6. The summed E-state index contributed by atoms with van der Waals surface area (Å²) in [6.07, 6.45) is 9.55. The van der Waals surface area contributed by atoms with E-state index in [1.807, 2.05) is 11.3 Å². The van der Waals surface area contributed by atoms with Crippen molar-refractivity contribution in [2.75, 3.05) is 19.6 Å². The molecule has 2 fully saturated rings. The summed E-state index contributed by atoms with van der Waals surface area (Å²) < 4.78 is 0. The smallest absolute Gasteiger partial charge is 0.0309 e. The molecule has 0 bridgehead atoms. The first-order chi connectivity index (χ1) is 9.81. The van der Waals surface area contributed by atoms with Crippen LogP contribution in [-0.4, -0.2) is 36.1 Å². The van der Waals surface area contributed by atoms with Crippen molar-refractivity contribution in [3.05, 3.63) is 22.4 Å². The van der Waals surface area contributed by atoms with Crippen molar-refractivity contribution in [3.8, 4) is 0 Å². The average molecular weight is 292 g/mol. The first-order valence-corrected chi connectivity index (χ1v) is 9.21. The molecule has 1 unspecified atom stereocenters. The van der Waals surface area contributed by atoms with E-state index in [1.165, 1.54) is 69.5 Å². The van der Waals surface area contributed by atoms with Crippen molar-refractivity contribution in [2.45, 2.75) is 63.5 Å². The van der Waals surface area contributed by atoms with E-state index in [9.17, 15) is 0 Å². The van der Waals surface area contributed by atoms with Crippen LogP contribution in [-0.2, 0) is 6.42 Å². The molecule has 1 N–H and O–H groups in total. The largest absolute Gasteiger partial charge is 0.308 e. The topological polar surface area (TPSA) is 15.3 Å². The van der Waals surface area contributed by atoms with E-state index in [0.29, 0.717) is 5.54 Å². The lowest BCUT2D eigenvalue weighted by Gasteiger charge is -2.49. The molecule has 0 aromatic carbocycles. The Labute approximate surface area is 127 Å². The van der Waals surface area contributed by atoms with Crippen molar-refractivity contribution in [1.29, 1.82) is 0 Å². The molecule has 1 aliphatic heterocycles. The van der Waals surface area contributed by atoms with Gasteiger partial charge in [-0.15, -0.1) is 11.3 Å². The number of piperazine rings is 1. The second kappa shape index (κ2) is 6.59. The third-order valence-electron chi connectivity index (χ3n) is 5.24. The number of nitrogens with one attached hydrogen (secondary N) is 1. The van der Waals surface area contributed by atoms with Crippen molar-refractivity contribution in [2.24, 2.45) is 0 Å². The molecule has 112 valence electrons. The molecule has 2 heterocycles. The second-order valence-electron chi connectivity index (χ2n) is 6.58. The summed E-state index contributed by atoms with van der Waals surface area (Å²) in [6.45, 7) is 6.05. The summed E-state index contributed by atoms with van der Waals surface area (Å²) >= 11 is 1.91. The molecule has 1 saturated heterocycles. The Hall–Kier alpha value is -0.380. The van der Waals surface area contributed by atoms with Crippen LogP contribution in [0.1, 0.15) is 50.3 Å². The Balaban J connectivity index is 1.62. The highest BCUT2D eigenvalue weighted by Crippen LogP contribution is 2.32. The maximum Gasteiger partial charge on any atom is 0.0309 e. The fourth-order valence-corrected chi connectivity index (χ4v) is 4.67. The van der Waals surface area contributed by atoms with Gasteiger partial charge in [0, 0.05) is 36.1 Å². The lowest BCUT2D eigenvalue weighted by Crippen LogP contribution is -2.64. The maximum absolute atomic E-state index is 3.92. The molecule has 1 spiro atoms. The summed E-state index contributed by atoms with van der Waals surface area (Å²) in [7, 11) is 0. The normalized spacial score (nSPS) is 26.9. The van der Waals surface area contributed by atoms with Crippen LogP contribution in [0.25, 0.3) is 0 Å². The Kier molecular flexibility index (Phi) is 4.79. The van der Waals surface area contributed by atoms with Gasteiger partial charge in [0.25, 0.3) is 0 Å². The van der Waals surface area contributed by atoms with Gasteiger partial charge in [-0.05, 0) is 37.1 Å². The SMILES string of the molecule is CCC1CNC2(CCCCC2)CN1CCc1cccs1. The van der Waals surface area contributed by atoms with E-state index in [0.717, 1.165) is 6.04 Å². The van der Waals surface area contributed by atoms with E-state index in [2.05, 4.69) is 34.7 Å². The van der Waals surface area contributed by atoms with E-state index in [-0.39, 0.29) is 0 Å². The van der Waals surface area contributed by atoms with Crippen LogP contribution < -0.4 is 5.32 Å². The van der Waals surface area contributed by atoms with Crippen LogP contribution in [0.15, 0.2) is 17.5 Å². The monoisotopic (exact) mass is 292 g/mol. The molecule has 1 aromatic rings. The van der Waals surface area contributed by atoms with Gasteiger partial charge < -0.3 is 5.32 Å². The molecule has 0 radical (unpaired) electrons. The van der Waals surface area contributed by atoms with Gasteiger partial charge in [-0.2, -0.15) is 0 Å². The maximum atomic E-state index is 3.92. The molecular weight excluding hydrogens is 264 g/mol. The third-order valence-corrected chi connectivity index (χ3v) is 6.18. The molecule has 1 saturated carbocycles. The number of rotatable bonds is 4.